The summed E-state index contributed by atoms with van der Waals surface area (Å²) in [6.45, 7) is 5.93. The lowest BCUT2D eigenvalue weighted by molar-refractivity contribution is -0.137. The molecule has 0 radical (unpaired) electrons. The summed E-state index contributed by atoms with van der Waals surface area (Å²) in [5, 5.41) is 21.6. The molecule has 0 fully saturated rings. The van der Waals surface area contributed by atoms with E-state index >= 15 is 0 Å². The number of carboxylic acids is 1. The van der Waals surface area contributed by atoms with Gasteiger partial charge in [0.15, 0.2) is 0 Å². The van der Waals surface area contributed by atoms with Crippen LogP contribution >= 0.6 is 0 Å². The first-order valence-corrected chi connectivity index (χ1v) is 6.49. The Bertz CT molecular complexity index is 469. The topological polar surface area (TPSA) is 109 Å². The quantitative estimate of drug-likeness (QED) is 0.684. The minimum atomic E-state index is -0.992. The molecule has 8 heteroatoms. The fourth-order valence-corrected chi connectivity index (χ4v) is 1.85. The molecular weight excluding hydrogens is 262 g/mol. The first-order valence-electron chi connectivity index (χ1n) is 6.49. The summed E-state index contributed by atoms with van der Waals surface area (Å²) in [4.78, 5) is 22.2. The average molecular weight is 283 g/mol. The standard InChI is InChI=1S/C12H21N5O3/c1-4-5-12(2,3)14-11(20)13-6-9-7-17(16-15-9)8-10(18)19/h7H,4-6,8H2,1-3H3,(H,18,19)(H2,13,14,20). The second kappa shape index (κ2) is 6.88. The Labute approximate surface area is 117 Å². The van der Waals surface area contributed by atoms with Crippen LogP contribution in [-0.4, -0.2) is 37.6 Å². The van der Waals surface area contributed by atoms with Crippen molar-refractivity contribution in [1.29, 1.82) is 0 Å². The predicted molar refractivity (Wildman–Crippen MR) is 72.0 cm³/mol. The first kappa shape index (κ1) is 15.9. The Morgan fingerprint density at radius 1 is 1.45 bits per heavy atom. The summed E-state index contributed by atoms with van der Waals surface area (Å²) in [5.41, 5.74) is 0.245. The van der Waals surface area contributed by atoms with E-state index in [1.165, 1.54) is 10.9 Å². The summed E-state index contributed by atoms with van der Waals surface area (Å²) in [6, 6.07) is -0.281. The minimum Gasteiger partial charge on any atom is -0.480 e. The molecule has 1 aromatic rings. The van der Waals surface area contributed by atoms with Crippen molar-refractivity contribution in [3.05, 3.63) is 11.9 Å². The molecule has 8 nitrogen and oxygen atoms in total. The number of carbonyl (C=O) groups excluding carboxylic acids is 1. The molecule has 0 spiro atoms. The number of aliphatic carboxylic acids is 1. The Hall–Kier alpha value is -2.12. The number of aromatic nitrogens is 3. The van der Waals surface area contributed by atoms with Crippen LogP contribution in [-0.2, 0) is 17.9 Å². The normalized spacial score (nSPS) is 11.2. The molecule has 0 saturated carbocycles. The Balaban J connectivity index is 2.41. The van der Waals surface area contributed by atoms with E-state index in [9.17, 15) is 9.59 Å². The van der Waals surface area contributed by atoms with E-state index in [-0.39, 0.29) is 24.7 Å². The molecule has 0 aromatic carbocycles. The monoisotopic (exact) mass is 283 g/mol. The van der Waals surface area contributed by atoms with E-state index in [0.29, 0.717) is 5.69 Å². The van der Waals surface area contributed by atoms with E-state index in [1.807, 2.05) is 13.8 Å². The van der Waals surface area contributed by atoms with Crippen molar-refractivity contribution in [2.45, 2.75) is 52.2 Å². The molecule has 0 aliphatic carbocycles. The van der Waals surface area contributed by atoms with Gasteiger partial charge in [-0.05, 0) is 20.3 Å². The van der Waals surface area contributed by atoms with Crippen LogP contribution in [0.5, 0.6) is 0 Å². The highest BCUT2D eigenvalue weighted by Gasteiger charge is 2.18. The number of nitrogens with zero attached hydrogens (tertiary/aromatic N) is 3. The van der Waals surface area contributed by atoms with Crippen molar-refractivity contribution in [3.8, 4) is 0 Å². The molecule has 0 atom stereocenters. The lowest BCUT2D eigenvalue weighted by Gasteiger charge is -2.25. The van der Waals surface area contributed by atoms with Gasteiger partial charge in [-0.15, -0.1) is 5.10 Å². The third-order valence-electron chi connectivity index (χ3n) is 2.64. The molecule has 2 amide bonds. The highest BCUT2D eigenvalue weighted by atomic mass is 16.4. The predicted octanol–water partition coefficient (Wildman–Crippen LogP) is 0.741. The lowest BCUT2D eigenvalue weighted by Crippen LogP contribution is -2.48. The van der Waals surface area contributed by atoms with Crippen molar-refractivity contribution in [1.82, 2.24) is 25.6 Å². The average Bonchev–Trinajstić information content (AvgIpc) is 2.72. The van der Waals surface area contributed by atoms with E-state index in [1.54, 1.807) is 0 Å². The molecule has 0 aliphatic rings. The molecule has 0 unspecified atom stereocenters. The summed E-state index contributed by atoms with van der Waals surface area (Å²) in [7, 11) is 0. The molecule has 0 aliphatic heterocycles. The smallest absolute Gasteiger partial charge is 0.325 e. The van der Waals surface area contributed by atoms with E-state index in [4.69, 9.17) is 5.11 Å². The van der Waals surface area contributed by atoms with Gasteiger partial charge in [0.2, 0.25) is 0 Å². The number of urea groups is 1. The van der Waals surface area contributed by atoms with Crippen molar-refractivity contribution in [3.63, 3.8) is 0 Å². The zero-order valence-corrected chi connectivity index (χ0v) is 12.0. The van der Waals surface area contributed by atoms with Gasteiger partial charge >= 0.3 is 12.0 Å². The van der Waals surface area contributed by atoms with Gasteiger partial charge in [-0.25, -0.2) is 9.48 Å². The molecule has 1 aromatic heterocycles. The van der Waals surface area contributed by atoms with E-state index in [2.05, 4.69) is 27.9 Å². The van der Waals surface area contributed by atoms with Gasteiger partial charge in [0.05, 0.1) is 12.7 Å². The molecule has 1 heterocycles. The largest absolute Gasteiger partial charge is 0.480 e. The molecular formula is C12H21N5O3. The van der Waals surface area contributed by atoms with Crippen LogP contribution in [0, 0.1) is 0 Å². The van der Waals surface area contributed by atoms with Gasteiger partial charge < -0.3 is 15.7 Å². The van der Waals surface area contributed by atoms with Crippen molar-refractivity contribution in [2.75, 3.05) is 0 Å². The third kappa shape index (κ3) is 5.68. The molecule has 0 bridgehead atoms. The number of hydrogen-bond acceptors (Lipinski definition) is 4. The molecule has 112 valence electrons. The number of rotatable bonds is 7. The number of nitrogens with one attached hydrogen (secondary N) is 2. The SMILES string of the molecule is CCCC(C)(C)NC(=O)NCc1cn(CC(=O)O)nn1. The lowest BCUT2D eigenvalue weighted by atomic mass is 9.99. The van der Waals surface area contributed by atoms with Gasteiger partial charge in [0.1, 0.15) is 12.2 Å². The van der Waals surface area contributed by atoms with Gasteiger partial charge in [0.25, 0.3) is 0 Å². The van der Waals surface area contributed by atoms with Crippen LogP contribution in [0.3, 0.4) is 0 Å². The van der Waals surface area contributed by atoms with Crippen molar-refractivity contribution < 1.29 is 14.7 Å². The van der Waals surface area contributed by atoms with Crippen molar-refractivity contribution in [2.24, 2.45) is 0 Å². The Morgan fingerprint density at radius 2 is 2.15 bits per heavy atom. The highest BCUT2D eigenvalue weighted by molar-refractivity contribution is 5.74. The molecule has 1 rings (SSSR count). The number of carboxylic acid groups (broad SMARTS) is 1. The number of carbonyl (C=O) groups is 2. The molecule has 20 heavy (non-hydrogen) atoms. The zero-order valence-electron chi connectivity index (χ0n) is 12.0. The maximum Gasteiger partial charge on any atom is 0.325 e. The van der Waals surface area contributed by atoms with E-state index < -0.39 is 5.97 Å². The fourth-order valence-electron chi connectivity index (χ4n) is 1.85. The zero-order chi connectivity index (χ0) is 15.2. The number of amides is 2. The molecule has 0 saturated heterocycles. The first-order chi connectivity index (χ1) is 9.32. The Morgan fingerprint density at radius 3 is 2.75 bits per heavy atom. The van der Waals surface area contributed by atoms with Crippen LogP contribution < -0.4 is 10.6 Å². The van der Waals surface area contributed by atoms with Crippen LogP contribution in [0.2, 0.25) is 0 Å². The summed E-state index contributed by atoms with van der Waals surface area (Å²) < 4.78 is 1.21. The highest BCUT2D eigenvalue weighted by Crippen LogP contribution is 2.10. The van der Waals surface area contributed by atoms with E-state index in [0.717, 1.165) is 12.8 Å². The molecule has 3 N–H and O–H groups in total. The maximum absolute atomic E-state index is 11.7. The number of hydrogen-bond donors (Lipinski definition) is 3. The van der Waals surface area contributed by atoms with Crippen LogP contribution in [0.1, 0.15) is 39.3 Å². The van der Waals surface area contributed by atoms with Gasteiger partial charge in [-0.2, -0.15) is 0 Å². The van der Waals surface area contributed by atoms with Gasteiger partial charge in [0, 0.05) is 5.54 Å². The van der Waals surface area contributed by atoms with Gasteiger partial charge in [-0.1, -0.05) is 18.6 Å². The summed E-state index contributed by atoms with van der Waals surface area (Å²) in [6.07, 6.45) is 3.36. The fraction of sp³-hybridized carbons (Fsp3) is 0.667. The van der Waals surface area contributed by atoms with Crippen molar-refractivity contribution >= 4 is 12.0 Å². The van der Waals surface area contributed by atoms with Crippen LogP contribution in [0.4, 0.5) is 4.79 Å². The van der Waals surface area contributed by atoms with Crippen LogP contribution in [0.15, 0.2) is 6.20 Å². The second-order valence-corrected chi connectivity index (χ2v) is 5.24. The third-order valence-corrected chi connectivity index (χ3v) is 2.64. The minimum absolute atomic E-state index is 0.202. The Kier molecular flexibility index (Phi) is 5.48. The van der Waals surface area contributed by atoms with Gasteiger partial charge in [-0.3, -0.25) is 4.79 Å². The maximum atomic E-state index is 11.7. The summed E-state index contributed by atoms with van der Waals surface area (Å²) >= 11 is 0. The summed E-state index contributed by atoms with van der Waals surface area (Å²) in [5.74, 6) is -0.992. The van der Waals surface area contributed by atoms with Crippen LogP contribution in [0.25, 0.3) is 0 Å². The second-order valence-electron chi connectivity index (χ2n) is 5.24.